The van der Waals surface area contributed by atoms with Crippen LogP contribution in [0.3, 0.4) is 0 Å². The van der Waals surface area contributed by atoms with Gasteiger partial charge >= 0.3 is 5.69 Å². The lowest BCUT2D eigenvalue weighted by molar-refractivity contribution is 0.392. The van der Waals surface area contributed by atoms with E-state index in [1.54, 1.807) is 19.2 Å². The Morgan fingerprint density at radius 1 is 1.12 bits per heavy atom. The number of aromatic hydroxyl groups is 1. The summed E-state index contributed by atoms with van der Waals surface area (Å²) in [4.78, 5) is 14.7. The highest BCUT2D eigenvalue weighted by molar-refractivity contribution is 7.92. The molecule has 1 aromatic heterocycles. The summed E-state index contributed by atoms with van der Waals surface area (Å²) in [5, 5.41) is 10.2. The normalized spacial score (nSPS) is 12.0. The molecule has 0 spiro atoms. The molecule has 3 N–H and O–H groups in total. The molecule has 0 aliphatic carbocycles. The van der Waals surface area contributed by atoms with Gasteiger partial charge in [-0.2, -0.15) is 0 Å². The summed E-state index contributed by atoms with van der Waals surface area (Å²) in [5.74, 6) is 0.583. The zero-order valence-corrected chi connectivity index (χ0v) is 19.7. The molecule has 3 aromatic rings. The van der Waals surface area contributed by atoms with Gasteiger partial charge in [0.15, 0.2) is 0 Å². The van der Waals surface area contributed by atoms with Gasteiger partial charge in [0.05, 0.1) is 25.2 Å². The van der Waals surface area contributed by atoms with Gasteiger partial charge in [0.1, 0.15) is 5.75 Å². The van der Waals surface area contributed by atoms with Crippen molar-refractivity contribution in [3.8, 4) is 17.3 Å². The van der Waals surface area contributed by atoms with Gasteiger partial charge in [-0.3, -0.25) is 4.72 Å². The summed E-state index contributed by atoms with van der Waals surface area (Å²) < 4.78 is 32.2. The Labute approximate surface area is 187 Å². The summed E-state index contributed by atoms with van der Waals surface area (Å²) in [7, 11) is -1.70. The topological polar surface area (TPSA) is 113 Å². The van der Waals surface area contributed by atoms with Gasteiger partial charge in [-0.15, -0.1) is 0 Å². The SMILES string of the molecule is COc1c(CCc2ccc(NS(C)(=O)=O)cc2)cc(-n2c(O)c[nH]c2=O)cc1C(C)(C)C. The first-order chi connectivity index (χ1) is 14.9. The van der Waals surface area contributed by atoms with Crippen LogP contribution in [0.4, 0.5) is 5.69 Å². The molecule has 0 aliphatic heterocycles. The first-order valence-electron chi connectivity index (χ1n) is 10.2. The number of rotatable bonds is 7. The van der Waals surface area contributed by atoms with Crippen molar-refractivity contribution in [2.75, 3.05) is 18.1 Å². The van der Waals surface area contributed by atoms with Crippen LogP contribution in [-0.2, 0) is 28.3 Å². The van der Waals surface area contributed by atoms with Gasteiger partial charge in [-0.25, -0.2) is 17.8 Å². The van der Waals surface area contributed by atoms with Crippen LogP contribution in [0.1, 0.15) is 37.5 Å². The second-order valence-electron chi connectivity index (χ2n) is 8.79. The Morgan fingerprint density at radius 2 is 1.78 bits per heavy atom. The van der Waals surface area contributed by atoms with Crippen LogP contribution in [0.5, 0.6) is 11.6 Å². The van der Waals surface area contributed by atoms with E-state index in [1.165, 1.54) is 10.8 Å². The van der Waals surface area contributed by atoms with Crippen molar-refractivity contribution in [1.82, 2.24) is 9.55 Å². The van der Waals surface area contributed by atoms with Crippen molar-refractivity contribution in [3.63, 3.8) is 0 Å². The Hall–Kier alpha value is -3.20. The van der Waals surface area contributed by atoms with Crippen molar-refractivity contribution < 1.29 is 18.3 Å². The summed E-state index contributed by atoms with van der Waals surface area (Å²) in [5.41, 5.74) is 3.23. The van der Waals surface area contributed by atoms with Crippen LogP contribution >= 0.6 is 0 Å². The maximum atomic E-state index is 12.2. The number of imidazole rings is 1. The summed E-state index contributed by atoms with van der Waals surface area (Å²) >= 11 is 0. The van der Waals surface area contributed by atoms with Gasteiger partial charge in [0.25, 0.3) is 0 Å². The first kappa shape index (κ1) is 23.5. The van der Waals surface area contributed by atoms with Gasteiger partial charge in [-0.1, -0.05) is 32.9 Å². The van der Waals surface area contributed by atoms with E-state index in [-0.39, 0.29) is 11.3 Å². The highest BCUT2D eigenvalue weighted by Gasteiger charge is 2.24. The third-order valence-corrected chi connectivity index (χ3v) is 5.72. The van der Waals surface area contributed by atoms with Gasteiger partial charge in [-0.05, 0) is 53.6 Å². The van der Waals surface area contributed by atoms with E-state index >= 15 is 0 Å². The zero-order chi connectivity index (χ0) is 23.7. The number of ether oxygens (including phenoxy) is 1. The van der Waals surface area contributed by atoms with E-state index in [0.717, 1.165) is 28.7 Å². The molecule has 3 rings (SSSR count). The van der Waals surface area contributed by atoms with Crippen molar-refractivity contribution in [1.29, 1.82) is 0 Å². The minimum Gasteiger partial charge on any atom is -0.496 e. The van der Waals surface area contributed by atoms with Crippen LogP contribution in [-0.4, -0.2) is 36.4 Å². The molecule has 0 atom stereocenters. The van der Waals surface area contributed by atoms with Crippen LogP contribution in [0.15, 0.2) is 47.4 Å². The highest BCUT2D eigenvalue weighted by Crippen LogP contribution is 2.37. The maximum absolute atomic E-state index is 12.2. The van der Waals surface area contributed by atoms with Crippen molar-refractivity contribution in [2.45, 2.75) is 39.0 Å². The van der Waals surface area contributed by atoms with Crippen molar-refractivity contribution >= 4 is 15.7 Å². The van der Waals surface area contributed by atoms with E-state index in [1.807, 2.05) is 24.3 Å². The molecule has 0 unspecified atom stereocenters. The molecule has 1 heterocycles. The average molecular weight is 460 g/mol. The van der Waals surface area contributed by atoms with E-state index in [0.29, 0.717) is 24.2 Å². The molecule has 2 aromatic carbocycles. The molecule has 32 heavy (non-hydrogen) atoms. The molecule has 0 bridgehead atoms. The molecule has 0 fully saturated rings. The van der Waals surface area contributed by atoms with E-state index in [9.17, 15) is 18.3 Å². The molecule has 8 nitrogen and oxygen atoms in total. The average Bonchev–Trinajstić information content (AvgIpc) is 3.03. The number of nitrogens with zero attached hydrogens (tertiary/aromatic N) is 1. The Balaban J connectivity index is 1.98. The van der Waals surface area contributed by atoms with E-state index in [2.05, 4.69) is 30.5 Å². The van der Waals surface area contributed by atoms with Crippen LogP contribution in [0, 0.1) is 0 Å². The maximum Gasteiger partial charge on any atom is 0.333 e. The number of sulfonamides is 1. The number of benzene rings is 2. The molecule has 9 heteroatoms. The van der Waals surface area contributed by atoms with Gasteiger partial charge in [0, 0.05) is 11.3 Å². The fourth-order valence-electron chi connectivity index (χ4n) is 3.63. The minimum atomic E-state index is -3.32. The van der Waals surface area contributed by atoms with Crippen LogP contribution < -0.4 is 15.1 Å². The third-order valence-electron chi connectivity index (χ3n) is 5.12. The third kappa shape index (κ3) is 5.34. The lowest BCUT2D eigenvalue weighted by atomic mass is 9.84. The molecule has 0 saturated heterocycles. The Bertz CT molecular complexity index is 1270. The van der Waals surface area contributed by atoms with E-state index in [4.69, 9.17) is 4.74 Å². The van der Waals surface area contributed by atoms with Crippen LogP contribution in [0.25, 0.3) is 5.69 Å². The number of hydrogen-bond acceptors (Lipinski definition) is 5. The number of aromatic amines is 1. The monoisotopic (exact) mass is 459 g/mol. The van der Waals surface area contributed by atoms with Crippen LogP contribution in [0.2, 0.25) is 0 Å². The molecule has 172 valence electrons. The summed E-state index contributed by atoms with van der Waals surface area (Å²) in [6, 6.07) is 10.9. The fraction of sp³-hybridized carbons (Fsp3) is 0.348. The second-order valence-corrected chi connectivity index (χ2v) is 10.5. The molecule has 0 radical (unpaired) electrons. The van der Waals surface area contributed by atoms with Gasteiger partial charge in [0.2, 0.25) is 15.9 Å². The number of aromatic nitrogens is 2. The quantitative estimate of drug-likeness (QED) is 0.502. The fourth-order valence-corrected chi connectivity index (χ4v) is 4.19. The highest BCUT2D eigenvalue weighted by atomic mass is 32.2. The minimum absolute atomic E-state index is 0.167. The molecule has 0 saturated carbocycles. The Kier molecular flexibility index (Phi) is 6.41. The number of methoxy groups -OCH3 is 1. The zero-order valence-electron chi connectivity index (χ0n) is 18.9. The van der Waals surface area contributed by atoms with Gasteiger partial charge < -0.3 is 14.8 Å². The predicted molar refractivity (Wildman–Crippen MR) is 126 cm³/mol. The smallest absolute Gasteiger partial charge is 0.333 e. The lowest BCUT2D eigenvalue weighted by Gasteiger charge is -2.25. The molecule has 0 amide bonds. The lowest BCUT2D eigenvalue weighted by Crippen LogP contribution is -2.19. The predicted octanol–water partition coefficient (Wildman–Crippen LogP) is 3.33. The second kappa shape index (κ2) is 8.74. The largest absolute Gasteiger partial charge is 0.496 e. The number of nitrogens with one attached hydrogen (secondary N) is 2. The Morgan fingerprint density at radius 3 is 2.28 bits per heavy atom. The van der Waals surface area contributed by atoms with E-state index < -0.39 is 15.7 Å². The molecule has 0 aliphatic rings. The first-order valence-corrected chi connectivity index (χ1v) is 12.1. The molecular weight excluding hydrogens is 430 g/mol. The standard InChI is InChI=1S/C23H29N3O5S/c1-23(2,3)19-13-18(26-20(27)14-24-22(26)28)12-16(21(19)31-4)9-6-15-7-10-17(11-8-15)25-32(5,29)30/h7-8,10-14,25,27H,6,9H2,1-5H3,(H,24,28). The number of hydrogen-bond donors (Lipinski definition) is 3. The molecular formula is C23H29N3O5S. The number of H-pyrrole nitrogens is 1. The number of aryl methyl sites for hydroxylation is 2. The summed E-state index contributed by atoms with van der Waals surface area (Å²) in [6.45, 7) is 6.18. The summed E-state index contributed by atoms with van der Waals surface area (Å²) in [6.07, 6.45) is 3.67. The van der Waals surface area contributed by atoms with Crippen molar-refractivity contribution in [3.05, 3.63) is 69.8 Å². The van der Waals surface area contributed by atoms with Crippen molar-refractivity contribution in [2.24, 2.45) is 0 Å². The number of anilines is 1.